The molecule has 2 heteroatoms. The van der Waals surface area contributed by atoms with Crippen LogP contribution in [0.3, 0.4) is 0 Å². The number of rotatable bonds is 1. The minimum Gasteiger partial charge on any atom is -0.301 e. The van der Waals surface area contributed by atoms with Gasteiger partial charge < -0.3 is 5.09 Å². The quantitative estimate of drug-likeness (QED) is 0.447. The Balaban J connectivity index is 1.97. The Labute approximate surface area is 28.6 Å². The summed E-state index contributed by atoms with van der Waals surface area (Å²) in [6.07, 6.45) is 0. The maximum Gasteiger partial charge on any atom is -0.0127 e. The van der Waals surface area contributed by atoms with Crippen LogP contribution in [0, 0.1) is 0 Å². The van der Waals surface area contributed by atoms with Gasteiger partial charge in [0.25, 0.3) is 0 Å². The van der Waals surface area contributed by atoms with Crippen LogP contribution in [-0.4, -0.2) is 13.7 Å². The summed E-state index contributed by atoms with van der Waals surface area (Å²) < 4.78 is 0. The van der Waals surface area contributed by atoms with Crippen molar-refractivity contribution in [2.45, 2.75) is 0 Å². The Morgan fingerprint density at radius 3 is 2.00 bits per heavy atom. The largest absolute Gasteiger partial charge is 0.301 e. The highest BCUT2D eigenvalue weighted by Gasteiger charge is 1.49. The second kappa shape index (κ2) is 3.39. The van der Waals surface area contributed by atoms with Crippen molar-refractivity contribution in [3.8, 4) is 0 Å². The molecule has 1 unspecified atom stereocenters. The molecule has 0 fully saturated rings. The van der Waals surface area contributed by atoms with Crippen LogP contribution in [0.15, 0.2) is 0 Å². The Morgan fingerprint density at radius 2 is 2.00 bits per heavy atom. The highest BCUT2D eigenvalue weighted by Crippen LogP contribution is 1.84. The fraction of sp³-hybridized carbons (Fsp3) is 1.00. The molecule has 0 aromatic carbocycles. The minimum atomic E-state index is 0.890. The standard InChI is InChI=1S/C2H8NP/c1-3-4-2/h3-4H,1-2H3. The van der Waals surface area contributed by atoms with E-state index in [9.17, 15) is 0 Å². The zero-order valence-corrected chi connectivity index (χ0v) is 4.00. The first-order valence-electron chi connectivity index (χ1n) is 1.25. The fourth-order valence-corrected chi connectivity index (χ4v) is 0. The van der Waals surface area contributed by atoms with Crippen molar-refractivity contribution in [2.24, 2.45) is 0 Å². The molecular weight excluding hydrogens is 69.0 g/mol. The van der Waals surface area contributed by atoms with Gasteiger partial charge in [-0.25, -0.2) is 0 Å². The predicted octanol–water partition coefficient (Wildman–Crippen LogP) is 0.429. The van der Waals surface area contributed by atoms with Crippen LogP contribution in [0.1, 0.15) is 0 Å². The average molecular weight is 77.1 g/mol. The average Bonchev–Trinajstić information content (AvgIpc) is 1.37. The van der Waals surface area contributed by atoms with Crippen molar-refractivity contribution in [1.82, 2.24) is 5.09 Å². The normalized spacial score (nSPS) is 10.5. The molecule has 0 saturated heterocycles. The first-order valence-corrected chi connectivity index (χ1v) is 2.75. The highest BCUT2D eigenvalue weighted by molar-refractivity contribution is 7.34. The van der Waals surface area contributed by atoms with E-state index in [4.69, 9.17) is 0 Å². The lowest BCUT2D eigenvalue weighted by Gasteiger charge is -1.76. The SMILES string of the molecule is CNPC. The van der Waals surface area contributed by atoms with Gasteiger partial charge in [-0.05, 0) is 13.7 Å². The van der Waals surface area contributed by atoms with Crippen molar-refractivity contribution in [3.05, 3.63) is 0 Å². The van der Waals surface area contributed by atoms with Crippen LogP contribution in [0.4, 0.5) is 0 Å². The molecule has 0 saturated carbocycles. The van der Waals surface area contributed by atoms with Gasteiger partial charge in [0.1, 0.15) is 0 Å². The summed E-state index contributed by atoms with van der Waals surface area (Å²) in [5, 5.41) is 2.96. The van der Waals surface area contributed by atoms with Crippen LogP contribution in [0.2, 0.25) is 0 Å². The summed E-state index contributed by atoms with van der Waals surface area (Å²) in [4.78, 5) is 0. The Kier molecular flexibility index (Phi) is 3.72. The second-order valence-corrected chi connectivity index (χ2v) is 1.50. The number of hydrogen-bond donors (Lipinski definition) is 1. The topological polar surface area (TPSA) is 12.0 Å². The zero-order valence-electron chi connectivity index (χ0n) is 3.00. The Hall–Kier alpha value is 0.390. The monoisotopic (exact) mass is 77.0 g/mol. The van der Waals surface area contributed by atoms with E-state index in [1.807, 2.05) is 7.05 Å². The van der Waals surface area contributed by atoms with E-state index < -0.39 is 0 Å². The minimum absolute atomic E-state index is 0.890. The number of nitrogens with one attached hydrogen (secondary N) is 1. The molecule has 1 nitrogen and oxygen atoms in total. The summed E-state index contributed by atoms with van der Waals surface area (Å²) in [5.41, 5.74) is 0. The fourth-order valence-electron chi connectivity index (χ4n) is 0. The molecule has 0 spiro atoms. The maximum absolute atomic E-state index is 2.96. The first kappa shape index (κ1) is 4.39. The van der Waals surface area contributed by atoms with Crippen LogP contribution >= 0.6 is 8.73 Å². The van der Waals surface area contributed by atoms with Gasteiger partial charge in [-0.15, -0.1) is 0 Å². The zero-order chi connectivity index (χ0) is 3.41. The van der Waals surface area contributed by atoms with Gasteiger partial charge in [-0.2, -0.15) is 0 Å². The third-order valence-corrected chi connectivity index (χ3v) is 0.750. The lowest BCUT2D eigenvalue weighted by molar-refractivity contribution is 1.29. The number of hydrogen-bond acceptors (Lipinski definition) is 1. The van der Waals surface area contributed by atoms with E-state index >= 15 is 0 Å². The molecule has 26 valence electrons. The van der Waals surface area contributed by atoms with Crippen molar-refractivity contribution < 1.29 is 0 Å². The molecule has 0 aliphatic heterocycles. The highest BCUT2D eigenvalue weighted by atomic mass is 31.1. The van der Waals surface area contributed by atoms with E-state index in [1.54, 1.807) is 0 Å². The summed E-state index contributed by atoms with van der Waals surface area (Å²) in [5.74, 6) is 0. The van der Waals surface area contributed by atoms with E-state index in [0.717, 1.165) is 8.73 Å². The molecule has 0 aliphatic rings. The summed E-state index contributed by atoms with van der Waals surface area (Å²) in [6, 6.07) is 0. The van der Waals surface area contributed by atoms with E-state index in [1.165, 1.54) is 0 Å². The second-order valence-electron chi connectivity index (χ2n) is 0.500. The molecule has 0 aromatic rings. The Morgan fingerprint density at radius 1 is 1.75 bits per heavy atom. The molecule has 0 bridgehead atoms. The molecule has 0 rings (SSSR count). The van der Waals surface area contributed by atoms with Crippen LogP contribution in [-0.2, 0) is 0 Å². The molecule has 0 heterocycles. The smallest absolute Gasteiger partial charge is 0.0127 e. The molecule has 0 radical (unpaired) electrons. The van der Waals surface area contributed by atoms with Gasteiger partial charge in [0.05, 0.1) is 0 Å². The lowest BCUT2D eigenvalue weighted by Crippen LogP contribution is -1.82. The third-order valence-electron chi connectivity index (χ3n) is 0.250. The van der Waals surface area contributed by atoms with Gasteiger partial charge in [0.2, 0.25) is 0 Å². The van der Waals surface area contributed by atoms with Gasteiger partial charge in [-0.3, -0.25) is 0 Å². The van der Waals surface area contributed by atoms with Gasteiger partial charge >= 0.3 is 0 Å². The molecule has 1 atom stereocenters. The van der Waals surface area contributed by atoms with Gasteiger partial charge in [0.15, 0.2) is 0 Å². The van der Waals surface area contributed by atoms with Gasteiger partial charge in [0, 0.05) is 0 Å². The van der Waals surface area contributed by atoms with Crippen LogP contribution < -0.4 is 5.09 Å². The summed E-state index contributed by atoms with van der Waals surface area (Å²) >= 11 is 0. The van der Waals surface area contributed by atoms with Crippen molar-refractivity contribution in [2.75, 3.05) is 13.7 Å². The van der Waals surface area contributed by atoms with Crippen molar-refractivity contribution in [1.29, 1.82) is 0 Å². The van der Waals surface area contributed by atoms with E-state index in [2.05, 4.69) is 11.8 Å². The maximum atomic E-state index is 2.96. The molecule has 1 N–H and O–H groups in total. The summed E-state index contributed by atoms with van der Waals surface area (Å²) in [7, 11) is 2.83. The van der Waals surface area contributed by atoms with Gasteiger partial charge in [-0.1, -0.05) is 8.73 Å². The van der Waals surface area contributed by atoms with Crippen molar-refractivity contribution >= 4 is 8.73 Å². The predicted molar refractivity (Wildman–Crippen MR) is 23.3 cm³/mol. The van der Waals surface area contributed by atoms with E-state index in [0.29, 0.717) is 0 Å². The first-order chi connectivity index (χ1) is 1.91. The molecule has 4 heavy (non-hydrogen) atoms. The third kappa shape index (κ3) is 2.39. The summed E-state index contributed by atoms with van der Waals surface area (Å²) in [6.45, 7) is 2.10. The van der Waals surface area contributed by atoms with Crippen LogP contribution in [0.5, 0.6) is 0 Å². The molecular formula is C2H8NP. The van der Waals surface area contributed by atoms with Crippen LogP contribution in [0.25, 0.3) is 0 Å². The molecule has 0 aliphatic carbocycles. The molecule has 0 amide bonds. The lowest BCUT2D eigenvalue weighted by atomic mass is 11.6. The van der Waals surface area contributed by atoms with E-state index in [-0.39, 0.29) is 0 Å². The van der Waals surface area contributed by atoms with Crippen molar-refractivity contribution in [3.63, 3.8) is 0 Å². The molecule has 0 aromatic heterocycles. The Bertz CT molecular complexity index is 8.00.